The van der Waals surface area contributed by atoms with Gasteiger partial charge in [0.2, 0.25) is 17.6 Å². The van der Waals surface area contributed by atoms with Crippen molar-refractivity contribution in [1.82, 2.24) is 20.7 Å². The first-order valence-electron chi connectivity index (χ1n) is 11.2. The minimum atomic E-state index is -1.64. The van der Waals surface area contributed by atoms with Gasteiger partial charge in [0.25, 0.3) is 11.8 Å². The molecule has 2 fully saturated rings. The van der Waals surface area contributed by atoms with Crippen molar-refractivity contribution in [2.75, 3.05) is 13.6 Å². The molecule has 0 spiro atoms. The summed E-state index contributed by atoms with van der Waals surface area (Å²) in [7, 11) is 1.41. The van der Waals surface area contributed by atoms with Crippen molar-refractivity contribution in [3.8, 4) is 0 Å². The lowest BCUT2D eigenvalue weighted by Gasteiger charge is -2.43. The SMILES string of the molecule is C/N=C/[C@H](CC(=O)C(=O)O)NC(=O)[C@@H]1CCCN2C(=O)CCC(NC(=O)c3ccccc3)C(=O)N12. The van der Waals surface area contributed by atoms with Gasteiger partial charge in [0.15, 0.2) is 0 Å². The Morgan fingerprint density at radius 2 is 1.89 bits per heavy atom. The molecule has 3 atom stereocenters. The van der Waals surface area contributed by atoms with E-state index in [0.29, 0.717) is 12.0 Å². The summed E-state index contributed by atoms with van der Waals surface area (Å²) < 4.78 is 0. The van der Waals surface area contributed by atoms with Crippen LogP contribution < -0.4 is 10.6 Å². The molecule has 12 nitrogen and oxygen atoms in total. The van der Waals surface area contributed by atoms with Crippen molar-refractivity contribution in [2.45, 2.75) is 50.2 Å². The van der Waals surface area contributed by atoms with Crippen LogP contribution in [0.15, 0.2) is 35.3 Å². The van der Waals surface area contributed by atoms with Crippen molar-refractivity contribution in [1.29, 1.82) is 0 Å². The second-order valence-corrected chi connectivity index (χ2v) is 8.24. The molecule has 12 heteroatoms. The Balaban J connectivity index is 1.80. The smallest absolute Gasteiger partial charge is 0.372 e. The maximum absolute atomic E-state index is 13.5. The standard InChI is InChI=1S/C23H27N5O7/c1-24-13-15(12-18(29)23(34)35)25-21(32)17-8-5-11-27-19(30)10-9-16(22(33)28(17)27)26-20(31)14-6-3-2-4-7-14/h2-4,6-7,13,15-17H,5,8-12H2,1H3,(H,25,32)(H,26,31)(H,34,35)/b24-13+/t15-,16?,17-/m0/s1. The van der Waals surface area contributed by atoms with Gasteiger partial charge >= 0.3 is 5.97 Å². The van der Waals surface area contributed by atoms with E-state index in [-0.39, 0.29) is 31.7 Å². The zero-order valence-electron chi connectivity index (χ0n) is 19.2. The first kappa shape index (κ1) is 25.5. The Kier molecular flexibility index (Phi) is 8.29. The lowest BCUT2D eigenvalue weighted by molar-refractivity contribution is -0.176. The Morgan fingerprint density at radius 1 is 1.17 bits per heavy atom. The zero-order valence-corrected chi connectivity index (χ0v) is 19.2. The van der Waals surface area contributed by atoms with Crippen LogP contribution in [-0.2, 0) is 24.0 Å². The van der Waals surface area contributed by atoms with E-state index in [1.165, 1.54) is 18.3 Å². The highest BCUT2D eigenvalue weighted by Gasteiger charge is 2.44. The fourth-order valence-electron chi connectivity index (χ4n) is 4.12. The lowest BCUT2D eigenvalue weighted by Crippen LogP contribution is -2.64. The van der Waals surface area contributed by atoms with E-state index < -0.39 is 54.0 Å². The molecule has 2 aliphatic rings. The number of hydrogen-bond donors (Lipinski definition) is 3. The van der Waals surface area contributed by atoms with Crippen molar-refractivity contribution < 1.29 is 33.9 Å². The molecule has 1 unspecified atom stereocenters. The molecule has 1 aromatic carbocycles. The summed E-state index contributed by atoms with van der Waals surface area (Å²) in [6.45, 7) is 0.241. The summed E-state index contributed by atoms with van der Waals surface area (Å²) in [6, 6.07) is 5.21. The predicted octanol–water partition coefficient (Wildman–Crippen LogP) is -0.457. The Morgan fingerprint density at radius 3 is 2.54 bits per heavy atom. The highest BCUT2D eigenvalue weighted by Crippen LogP contribution is 2.25. The van der Waals surface area contributed by atoms with Crippen molar-refractivity contribution in [2.24, 2.45) is 4.99 Å². The van der Waals surface area contributed by atoms with Gasteiger partial charge in [-0.2, -0.15) is 0 Å². The summed E-state index contributed by atoms with van der Waals surface area (Å²) >= 11 is 0. The summed E-state index contributed by atoms with van der Waals surface area (Å²) in [5.74, 6) is -4.82. The maximum atomic E-state index is 13.5. The molecule has 2 saturated heterocycles. The van der Waals surface area contributed by atoms with Crippen LogP contribution in [0.4, 0.5) is 0 Å². The van der Waals surface area contributed by atoms with Crippen molar-refractivity contribution in [3.63, 3.8) is 0 Å². The number of ketones is 1. The number of aliphatic imine (C=N–C) groups is 1. The van der Waals surface area contributed by atoms with Crippen LogP contribution in [0.1, 0.15) is 42.5 Å². The fraction of sp³-hybridized carbons (Fsp3) is 0.435. The number of nitrogens with zero attached hydrogens (tertiary/aromatic N) is 3. The van der Waals surface area contributed by atoms with Crippen LogP contribution in [0.3, 0.4) is 0 Å². The second-order valence-electron chi connectivity index (χ2n) is 8.24. The molecular weight excluding hydrogens is 458 g/mol. The molecule has 35 heavy (non-hydrogen) atoms. The number of hydrazine groups is 1. The largest absolute Gasteiger partial charge is 0.475 e. The van der Waals surface area contributed by atoms with E-state index in [1.807, 2.05) is 0 Å². The van der Waals surface area contributed by atoms with Gasteiger partial charge in [0.05, 0.1) is 6.04 Å². The third-order valence-corrected chi connectivity index (χ3v) is 5.81. The Bertz CT molecular complexity index is 1040. The number of aliphatic carboxylic acids is 1. The maximum Gasteiger partial charge on any atom is 0.372 e. The van der Waals surface area contributed by atoms with E-state index in [2.05, 4.69) is 15.6 Å². The quantitative estimate of drug-likeness (QED) is 0.331. The van der Waals surface area contributed by atoms with Gasteiger partial charge in [0.1, 0.15) is 12.1 Å². The fourth-order valence-corrected chi connectivity index (χ4v) is 4.12. The third kappa shape index (κ3) is 6.08. The molecule has 0 aliphatic carbocycles. The number of hydrogen-bond acceptors (Lipinski definition) is 7. The molecular formula is C23H27N5O7. The number of carboxylic acids is 1. The summed E-state index contributed by atoms with van der Waals surface area (Å²) in [5.41, 5.74) is 0.352. The second kappa shape index (κ2) is 11.4. The average molecular weight is 485 g/mol. The number of carboxylic acid groups (broad SMARTS) is 1. The topological polar surface area (TPSA) is 166 Å². The summed E-state index contributed by atoms with van der Waals surface area (Å²) in [4.78, 5) is 78.4. The van der Waals surface area contributed by atoms with Gasteiger partial charge in [-0.15, -0.1) is 0 Å². The van der Waals surface area contributed by atoms with E-state index >= 15 is 0 Å². The highest BCUT2D eigenvalue weighted by molar-refractivity contribution is 6.33. The van der Waals surface area contributed by atoms with Crippen LogP contribution in [0, 0.1) is 0 Å². The summed E-state index contributed by atoms with van der Waals surface area (Å²) in [5, 5.41) is 16.4. The number of amides is 4. The van der Waals surface area contributed by atoms with Crippen LogP contribution in [-0.4, -0.2) is 88.4 Å². The number of nitrogens with one attached hydrogen (secondary N) is 2. The van der Waals surface area contributed by atoms with Crippen molar-refractivity contribution >= 4 is 41.6 Å². The van der Waals surface area contributed by atoms with E-state index in [1.54, 1.807) is 30.3 Å². The van der Waals surface area contributed by atoms with Gasteiger partial charge in [-0.25, -0.2) is 9.80 Å². The number of fused-ring (bicyclic) bond motifs is 1. The van der Waals surface area contributed by atoms with Gasteiger partial charge in [0, 0.05) is 38.2 Å². The van der Waals surface area contributed by atoms with E-state index in [4.69, 9.17) is 5.11 Å². The predicted molar refractivity (Wildman–Crippen MR) is 122 cm³/mol. The normalized spacial score (nSPS) is 21.2. The molecule has 4 amide bonds. The Hall–Kier alpha value is -4.09. The molecule has 0 saturated carbocycles. The van der Waals surface area contributed by atoms with Gasteiger partial charge in [-0.3, -0.25) is 34.0 Å². The molecule has 0 aromatic heterocycles. The van der Waals surface area contributed by atoms with Crippen LogP contribution >= 0.6 is 0 Å². The molecule has 3 N–H and O–H groups in total. The highest BCUT2D eigenvalue weighted by atomic mass is 16.4. The monoisotopic (exact) mass is 485 g/mol. The molecule has 0 bridgehead atoms. The number of rotatable bonds is 8. The van der Waals surface area contributed by atoms with E-state index in [0.717, 1.165) is 5.01 Å². The lowest BCUT2D eigenvalue weighted by atomic mass is 10.0. The number of carbonyl (C=O) groups is 6. The Labute approximate surface area is 201 Å². The minimum absolute atomic E-state index is 0.00848. The first-order valence-corrected chi connectivity index (χ1v) is 11.2. The summed E-state index contributed by atoms with van der Waals surface area (Å²) in [6.07, 6.45) is 1.50. The van der Waals surface area contributed by atoms with Crippen molar-refractivity contribution in [3.05, 3.63) is 35.9 Å². The van der Waals surface area contributed by atoms with Gasteiger partial charge in [-0.1, -0.05) is 18.2 Å². The van der Waals surface area contributed by atoms with Crippen LogP contribution in [0.25, 0.3) is 0 Å². The number of carbonyl (C=O) groups excluding carboxylic acids is 5. The molecule has 2 heterocycles. The van der Waals surface area contributed by atoms with Gasteiger partial charge in [-0.05, 0) is 31.4 Å². The molecule has 0 radical (unpaired) electrons. The third-order valence-electron chi connectivity index (χ3n) is 5.81. The molecule has 1 aromatic rings. The molecule has 2 aliphatic heterocycles. The van der Waals surface area contributed by atoms with Gasteiger partial charge < -0.3 is 15.7 Å². The first-order chi connectivity index (χ1) is 16.7. The molecule has 3 rings (SSSR count). The van der Waals surface area contributed by atoms with Crippen LogP contribution in [0.5, 0.6) is 0 Å². The average Bonchev–Trinajstić information content (AvgIpc) is 2.96. The zero-order chi connectivity index (χ0) is 25.5. The van der Waals surface area contributed by atoms with E-state index in [9.17, 15) is 28.8 Å². The molecule has 186 valence electrons. The number of benzene rings is 1. The number of Topliss-reactive ketones (excluding diaryl/α,β-unsaturated/α-hetero) is 1. The van der Waals surface area contributed by atoms with Crippen LogP contribution in [0.2, 0.25) is 0 Å². The minimum Gasteiger partial charge on any atom is -0.475 e.